The fourth-order valence-electron chi connectivity index (χ4n) is 4.33. The van der Waals surface area contributed by atoms with Crippen LogP contribution >= 0.6 is 39.0 Å². The van der Waals surface area contributed by atoms with E-state index in [1.807, 2.05) is 31.2 Å². The maximum atomic E-state index is 13.9. The van der Waals surface area contributed by atoms with Gasteiger partial charge in [0, 0.05) is 14.9 Å². The Morgan fingerprint density at radius 3 is 2.84 bits per heavy atom. The smallest absolute Gasteiger partial charge is 0.267 e. The van der Waals surface area contributed by atoms with E-state index in [2.05, 4.69) is 26.5 Å². The van der Waals surface area contributed by atoms with Crippen molar-refractivity contribution < 1.29 is 14.6 Å². The molecule has 2 aromatic heterocycles. The lowest BCUT2D eigenvalue weighted by Gasteiger charge is -2.14. The molecule has 1 amide bonds. The molecule has 4 aromatic rings. The monoisotopic (exact) mass is 612 g/mol. The first kappa shape index (κ1) is 26.5. The number of thioether (sulfide) groups is 1. The molecule has 0 spiro atoms. The van der Waals surface area contributed by atoms with Crippen molar-refractivity contribution in [3.63, 3.8) is 0 Å². The number of hydrogen-bond donors (Lipinski definition) is 2. The maximum absolute atomic E-state index is 13.9. The van der Waals surface area contributed by atoms with Crippen LogP contribution in [0, 0.1) is 0 Å². The standard InChI is InChI=1S/C27H25BrN4O4S2/c1-2-36-19-10-8-18(9-11-19)32-26(35)24-20-5-3-4-6-22(20)38-25(24)30-27(32)37-15-23(34)31-29-14-16-13-17(28)7-12-21(16)33/h7-14,33H,2-6,15H2,1H3,(H,31,34). The SMILES string of the molecule is CCOc1ccc(-n2c(SCC(=O)NN=Cc3cc(Br)ccc3O)nc3sc4c(c3c2=O)CCCC4)cc1. The van der Waals surface area contributed by atoms with E-state index in [9.17, 15) is 14.7 Å². The van der Waals surface area contributed by atoms with E-state index in [4.69, 9.17) is 9.72 Å². The Labute approximate surface area is 235 Å². The Morgan fingerprint density at radius 2 is 2.05 bits per heavy atom. The molecule has 0 radical (unpaired) electrons. The number of nitrogens with one attached hydrogen (secondary N) is 1. The minimum atomic E-state index is -0.362. The van der Waals surface area contributed by atoms with E-state index >= 15 is 0 Å². The zero-order chi connectivity index (χ0) is 26.6. The largest absolute Gasteiger partial charge is 0.507 e. The highest BCUT2D eigenvalue weighted by atomic mass is 79.9. The van der Waals surface area contributed by atoms with Gasteiger partial charge in [0.15, 0.2) is 5.16 Å². The van der Waals surface area contributed by atoms with Crippen molar-refractivity contribution in [1.82, 2.24) is 15.0 Å². The second-order valence-corrected chi connectivity index (χ2v) is 11.6. The quantitative estimate of drug-likeness (QED) is 0.119. The number of carbonyl (C=O) groups is 1. The van der Waals surface area contributed by atoms with Gasteiger partial charge in [-0.2, -0.15) is 5.10 Å². The lowest BCUT2D eigenvalue weighted by Crippen LogP contribution is -2.24. The molecule has 0 unspecified atom stereocenters. The Kier molecular flexibility index (Phi) is 8.15. The Bertz CT molecular complexity index is 1580. The highest BCUT2D eigenvalue weighted by Gasteiger charge is 2.23. The van der Waals surface area contributed by atoms with Crippen LogP contribution in [0.3, 0.4) is 0 Å². The molecular formula is C27H25BrN4O4S2. The van der Waals surface area contributed by atoms with E-state index in [1.165, 1.54) is 28.9 Å². The summed E-state index contributed by atoms with van der Waals surface area (Å²) in [7, 11) is 0. The topological polar surface area (TPSA) is 106 Å². The number of aromatic hydroxyl groups is 1. The van der Waals surface area contributed by atoms with Gasteiger partial charge >= 0.3 is 0 Å². The molecule has 0 fully saturated rings. The average molecular weight is 614 g/mol. The van der Waals surface area contributed by atoms with Crippen LogP contribution in [0.5, 0.6) is 11.5 Å². The fourth-order valence-corrected chi connectivity index (χ4v) is 6.82. The number of hydrogen-bond acceptors (Lipinski definition) is 8. The van der Waals surface area contributed by atoms with Crippen molar-refractivity contribution in [1.29, 1.82) is 0 Å². The van der Waals surface area contributed by atoms with Gasteiger partial charge < -0.3 is 9.84 Å². The van der Waals surface area contributed by atoms with Crippen LogP contribution in [0.4, 0.5) is 0 Å². The number of phenols is 1. The van der Waals surface area contributed by atoms with Gasteiger partial charge in [-0.1, -0.05) is 27.7 Å². The first-order chi connectivity index (χ1) is 18.4. The third-order valence-corrected chi connectivity index (χ3v) is 8.70. The van der Waals surface area contributed by atoms with Crippen molar-refractivity contribution in [2.24, 2.45) is 5.10 Å². The number of nitrogens with zero attached hydrogens (tertiary/aromatic N) is 3. The van der Waals surface area contributed by atoms with Gasteiger partial charge in [0.05, 0.1) is 29.6 Å². The van der Waals surface area contributed by atoms with Crippen molar-refractivity contribution in [3.05, 3.63) is 73.3 Å². The van der Waals surface area contributed by atoms with E-state index in [0.29, 0.717) is 34.1 Å². The number of hydrazone groups is 1. The molecule has 196 valence electrons. The zero-order valence-electron chi connectivity index (χ0n) is 20.6. The molecule has 1 aliphatic carbocycles. The van der Waals surface area contributed by atoms with Crippen LogP contribution in [0.1, 0.15) is 35.8 Å². The minimum Gasteiger partial charge on any atom is -0.507 e. The molecule has 1 aliphatic rings. The van der Waals surface area contributed by atoms with Crippen LogP contribution in [-0.4, -0.2) is 39.1 Å². The van der Waals surface area contributed by atoms with E-state index in [-0.39, 0.29) is 23.0 Å². The summed E-state index contributed by atoms with van der Waals surface area (Å²) in [6.45, 7) is 2.47. The van der Waals surface area contributed by atoms with Gasteiger partial charge in [0.1, 0.15) is 16.3 Å². The first-order valence-electron chi connectivity index (χ1n) is 12.2. The molecule has 8 nitrogen and oxygen atoms in total. The molecule has 2 heterocycles. The Hall–Kier alpha value is -3.15. The summed E-state index contributed by atoms with van der Waals surface area (Å²) in [5.74, 6) is 0.408. The van der Waals surface area contributed by atoms with Gasteiger partial charge in [-0.3, -0.25) is 14.2 Å². The summed E-state index contributed by atoms with van der Waals surface area (Å²) >= 11 is 6.10. The third-order valence-electron chi connectivity index (χ3n) is 6.08. The summed E-state index contributed by atoms with van der Waals surface area (Å²) in [6.07, 6.45) is 5.41. The molecule has 2 aromatic carbocycles. The number of ether oxygens (including phenoxy) is 1. The summed E-state index contributed by atoms with van der Waals surface area (Å²) in [5, 5.41) is 15.0. The summed E-state index contributed by atoms with van der Waals surface area (Å²) in [5.41, 5.74) is 4.60. The second kappa shape index (κ2) is 11.7. The van der Waals surface area contributed by atoms with Crippen LogP contribution in [0.25, 0.3) is 15.9 Å². The van der Waals surface area contributed by atoms with Gasteiger partial charge in [-0.25, -0.2) is 10.4 Å². The Morgan fingerprint density at radius 1 is 1.26 bits per heavy atom. The summed E-state index contributed by atoms with van der Waals surface area (Å²) in [4.78, 5) is 33.3. The number of halogens is 1. The van der Waals surface area contributed by atoms with Crippen molar-refractivity contribution >= 4 is 61.4 Å². The number of aromatic nitrogens is 2. The van der Waals surface area contributed by atoms with Crippen LogP contribution in [-0.2, 0) is 17.6 Å². The van der Waals surface area contributed by atoms with Crippen LogP contribution in [0.15, 0.2) is 62.0 Å². The number of rotatable bonds is 8. The third kappa shape index (κ3) is 5.64. The lowest BCUT2D eigenvalue weighted by molar-refractivity contribution is -0.118. The molecule has 2 N–H and O–H groups in total. The second-order valence-electron chi connectivity index (χ2n) is 8.64. The van der Waals surface area contributed by atoms with Crippen molar-refractivity contribution in [3.8, 4) is 17.2 Å². The number of phenolic OH excluding ortho intramolecular Hbond substituents is 1. The minimum absolute atomic E-state index is 0.00186. The summed E-state index contributed by atoms with van der Waals surface area (Å²) < 4.78 is 7.92. The number of fused-ring (bicyclic) bond motifs is 3. The first-order valence-corrected chi connectivity index (χ1v) is 14.8. The molecule has 38 heavy (non-hydrogen) atoms. The molecule has 0 atom stereocenters. The molecular weight excluding hydrogens is 588 g/mol. The number of benzene rings is 2. The van der Waals surface area contributed by atoms with Gasteiger partial charge in [0.25, 0.3) is 11.5 Å². The average Bonchev–Trinajstić information content (AvgIpc) is 3.29. The van der Waals surface area contributed by atoms with Gasteiger partial charge in [-0.05, 0) is 80.6 Å². The van der Waals surface area contributed by atoms with E-state index in [1.54, 1.807) is 28.0 Å². The fraction of sp³-hybridized carbons (Fsp3) is 0.259. The van der Waals surface area contributed by atoms with Gasteiger partial charge in [0.2, 0.25) is 0 Å². The van der Waals surface area contributed by atoms with E-state index < -0.39 is 0 Å². The predicted octanol–water partition coefficient (Wildman–Crippen LogP) is 5.44. The van der Waals surface area contributed by atoms with Crippen LogP contribution in [0.2, 0.25) is 0 Å². The number of aryl methyl sites for hydroxylation is 2. The lowest BCUT2D eigenvalue weighted by atomic mass is 9.97. The molecule has 0 saturated carbocycles. The summed E-state index contributed by atoms with van der Waals surface area (Å²) in [6, 6.07) is 12.2. The molecule has 0 bridgehead atoms. The van der Waals surface area contributed by atoms with Crippen molar-refractivity contribution in [2.75, 3.05) is 12.4 Å². The molecule has 0 saturated heterocycles. The zero-order valence-corrected chi connectivity index (χ0v) is 23.8. The van der Waals surface area contributed by atoms with Crippen molar-refractivity contribution in [2.45, 2.75) is 37.8 Å². The maximum Gasteiger partial charge on any atom is 0.267 e. The molecule has 0 aliphatic heterocycles. The Balaban J connectivity index is 1.43. The number of amides is 1. The normalized spacial score (nSPS) is 13.1. The van der Waals surface area contributed by atoms with Crippen LogP contribution < -0.4 is 15.7 Å². The van der Waals surface area contributed by atoms with E-state index in [0.717, 1.165) is 40.5 Å². The molecule has 11 heteroatoms. The van der Waals surface area contributed by atoms with Gasteiger partial charge in [-0.15, -0.1) is 11.3 Å². The number of thiophene rings is 1. The predicted molar refractivity (Wildman–Crippen MR) is 155 cm³/mol. The molecule has 5 rings (SSSR count). The number of carbonyl (C=O) groups excluding carboxylic acids is 1. The highest BCUT2D eigenvalue weighted by Crippen LogP contribution is 2.35. The highest BCUT2D eigenvalue weighted by molar-refractivity contribution is 9.10.